The van der Waals surface area contributed by atoms with Crippen LogP contribution in [0.3, 0.4) is 0 Å². The number of aromatic nitrogens is 1. The van der Waals surface area contributed by atoms with Crippen molar-refractivity contribution < 1.29 is 14.3 Å². The van der Waals surface area contributed by atoms with E-state index in [1.54, 1.807) is 18.7 Å². The number of aryl methyl sites for hydroxylation is 1. The molecule has 1 amide bonds. The number of esters is 1. The van der Waals surface area contributed by atoms with Crippen LogP contribution in [0.25, 0.3) is 5.70 Å². The fourth-order valence-corrected chi connectivity index (χ4v) is 4.55. The minimum absolute atomic E-state index is 0.0416. The third-order valence-corrected chi connectivity index (χ3v) is 5.71. The Morgan fingerprint density at radius 2 is 2.00 bits per heavy atom. The van der Waals surface area contributed by atoms with Crippen molar-refractivity contribution in [3.8, 4) is 0 Å². The van der Waals surface area contributed by atoms with Gasteiger partial charge < -0.3 is 15.0 Å². The van der Waals surface area contributed by atoms with E-state index in [1.807, 2.05) is 17.7 Å². The highest BCUT2D eigenvalue weighted by atomic mass is 32.2. The molecule has 1 saturated carbocycles. The first-order valence-corrected chi connectivity index (χ1v) is 9.03. The molecular formula is C17H22N2O3S. The molecule has 1 aromatic rings. The molecule has 124 valence electrons. The van der Waals surface area contributed by atoms with Gasteiger partial charge >= 0.3 is 5.97 Å². The highest BCUT2D eigenvalue weighted by Gasteiger charge is 2.30. The van der Waals surface area contributed by atoms with Gasteiger partial charge in [-0.15, -0.1) is 11.8 Å². The van der Waals surface area contributed by atoms with Gasteiger partial charge in [-0.05, 0) is 45.1 Å². The Labute approximate surface area is 140 Å². The molecule has 0 saturated heterocycles. The van der Waals surface area contributed by atoms with Crippen molar-refractivity contribution in [3.63, 3.8) is 0 Å². The van der Waals surface area contributed by atoms with Crippen LogP contribution < -0.4 is 5.73 Å². The third-order valence-electron chi connectivity index (χ3n) is 4.62. The van der Waals surface area contributed by atoms with Gasteiger partial charge in [0.05, 0.1) is 10.6 Å². The minimum atomic E-state index is -0.425. The summed E-state index contributed by atoms with van der Waals surface area (Å²) in [4.78, 5) is 24.0. The summed E-state index contributed by atoms with van der Waals surface area (Å²) in [6.07, 6.45) is 7.34. The maximum Gasteiger partial charge on any atom is 0.341 e. The molecule has 1 fully saturated rings. The molecule has 0 spiro atoms. The van der Waals surface area contributed by atoms with E-state index in [4.69, 9.17) is 10.5 Å². The number of ether oxygens (including phenoxy) is 1. The van der Waals surface area contributed by atoms with Crippen LogP contribution in [0.15, 0.2) is 16.8 Å². The number of nitrogens with two attached hydrogens (primary N) is 1. The van der Waals surface area contributed by atoms with Crippen LogP contribution in [0.4, 0.5) is 0 Å². The molecule has 2 N–H and O–H groups in total. The lowest BCUT2D eigenvalue weighted by molar-refractivity contribution is -0.114. The molecule has 1 aliphatic carbocycles. The highest BCUT2D eigenvalue weighted by Crippen LogP contribution is 2.40. The van der Waals surface area contributed by atoms with Gasteiger partial charge in [0.15, 0.2) is 0 Å². The number of carbonyl (C=O) groups is 2. The molecule has 6 heteroatoms. The summed E-state index contributed by atoms with van der Waals surface area (Å²) in [5.41, 5.74) is 8.30. The summed E-state index contributed by atoms with van der Waals surface area (Å²) >= 11 is 1.56. The molecule has 23 heavy (non-hydrogen) atoms. The van der Waals surface area contributed by atoms with E-state index in [0.29, 0.717) is 16.9 Å². The maximum atomic E-state index is 12.6. The summed E-state index contributed by atoms with van der Waals surface area (Å²) < 4.78 is 7.63. The van der Waals surface area contributed by atoms with Crippen LogP contribution in [0, 0.1) is 6.92 Å². The predicted molar refractivity (Wildman–Crippen MR) is 90.3 cm³/mol. The van der Waals surface area contributed by atoms with E-state index in [9.17, 15) is 9.59 Å². The SMILES string of the molecule is CC(C(N)=O)=C1CSc2c(C(=O)OC3CCCCC3)c(C)cn21. The zero-order valence-corrected chi connectivity index (χ0v) is 14.4. The Balaban J connectivity index is 1.88. The van der Waals surface area contributed by atoms with Crippen LogP contribution in [0.1, 0.15) is 54.9 Å². The fourth-order valence-electron chi connectivity index (χ4n) is 3.23. The molecule has 1 aliphatic heterocycles. The second kappa shape index (κ2) is 6.43. The largest absolute Gasteiger partial charge is 0.459 e. The molecule has 0 unspecified atom stereocenters. The molecule has 0 radical (unpaired) electrons. The number of hydrogen-bond acceptors (Lipinski definition) is 4. The number of rotatable bonds is 3. The molecule has 1 aromatic heterocycles. The Hall–Kier alpha value is -1.69. The minimum Gasteiger partial charge on any atom is -0.459 e. The Bertz CT molecular complexity index is 684. The van der Waals surface area contributed by atoms with Crippen LogP contribution >= 0.6 is 11.8 Å². The second-order valence-corrected chi connectivity index (χ2v) is 7.22. The quantitative estimate of drug-likeness (QED) is 0.681. The lowest BCUT2D eigenvalue weighted by Gasteiger charge is -2.21. The Kier molecular flexibility index (Phi) is 4.53. The van der Waals surface area contributed by atoms with Gasteiger partial charge in [-0.3, -0.25) is 4.79 Å². The van der Waals surface area contributed by atoms with Crippen molar-refractivity contribution in [1.29, 1.82) is 0 Å². The predicted octanol–water partition coefficient (Wildman–Crippen LogP) is 3.11. The number of hydrogen-bond donors (Lipinski definition) is 1. The molecule has 2 heterocycles. The van der Waals surface area contributed by atoms with E-state index >= 15 is 0 Å². The number of amides is 1. The number of fused-ring (bicyclic) bond motifs is 1. The normalized spacial score (nSPS) is 20.3. The van der Waals surface area contributed by atoms with Crippen molar-refractivity contribution in [1.82, 2.24) is 4.57 Å². The highest BCUT2D eigenvalue weighted by molar-refractivity contribution is 8.00. The molecule has 2 aliphatic rings. The van der Waals surface area contributed by atoms with Gasteiger partial charge in [0.25, 0.3) is 0 Å². The molecule has 5 nitrogen and oxygen atoms in total. The van der Waals surface area contributed by atoms with Crippen molar-refractivity contribution in [2.45, 2.75) is 57.1 Å². The average Bonchev–Trinajstić information content (AvgIpc) is 3.04. The van der Waals surface area contributed by atoms with Gasteiger partial charge in [0.2, 0.25) is 5.91 Å². The van der Waals surface area contributed by atoms with Gasteiger partial charge in [-0.1, -0.05) is 6.42 Å². The zero-order chi connectivity index (χ0) is 16.6. The number of primary amides is 1. The number of carbonyl (C=O) groups excluding carboxylic acids is 2. The number of nitrogens with zero attached hydrogens (tertiary/aromatic N) is 1. The average molecular weight is 334 g/mol. The van der Waals surface area contributed by atoms with Crippen molar-refractivity contribution in [3.05, 3.63) is 22.9 Å². The van der Waals surface area contributed by atoms with E-state index < -0.39 is 5.91 Å². The molecule has 0 bridgehead atoms. The van der Waals surface area contributed by atoms with Gasteiger partial charge in [-0.2, -0.15) is 0 Å². The Morgan fingerprint density at radius 1 is 1.30 bits per heavy atom. The second-order valence-electron chi connectivity index (χ2n) is 6.25. The lowest BCUT2D eigenvalue weighted by atomic mass is 9.98. The fraction of sp³-hybridized carbons (Fsp3) is 0.529. The van der Waals surface area contributed by atoms with E-state index in [0.717, 1.165) is 42.0 Å². The van der Waals surface area contributed by atoms with Gasteiger partial charge in [0, 0.05) is 23.2 Å². The first kappa shape index (κ1) is 16.2. The zero-order valence-electron chi connectivity index (χ0n) is 13.6. The summed E-state index contributed by atoms with van der Waals surface area (Å²) in [6, 6.07) is 0. The smallest absolute Gasteiger partial charge is 0.341 e. The van der Waals surface area contributed by atoms with Crippen LogP contribution in [0.2, 0.25) is 0 Å². The third kappa shape index (κ3) is 3.04. The summed E-state index contributed by atoms with van der Waals surface area (Å²) in [5.74, 6) is -0.0200. The van der Waals surface area contributed by atoms with Gasteiger partial charge in [0.1, 0.15) is 6.10 Å². The molecule has 0 atom stereocenters. The van der Waals surface area contributed by atoms with E-state index in [-0.39, 0.29) is 12.1 Å². The van der Waals surface area contributed by atoms with Crippen LogP contribution in [-0.2, 0) is 9.53 Å². The molecule has 3 rings (SSSR count). The maximum absolute atomic E-state index is 12.6. The molecular weight excluding hydrogens is 312 g/mol. The van der Waals surface area contributed by atoms with Crippen molar-refractivity contribution in [2.75, 3.05) is 5.75 Å². The lowest BCUT2D eigenvalue weighted by Crippen LogP contribution is -2.21. The first-order chi connectivity index (χ1) is 11.0. The number of thioether (sulfide) groups is 1. The summed E-state index contributed by atoms with van der Waals surface area (Å²) in [7, 11) is 0. The standard InChI is InChI=1S/C17H22N2O3S/c1-10-8-19-13(11(2)15(18)20)9-23-16(19)14(10)17(21)22-12-6-4-3-5-7-12/h8,12H,3-7,9H2,1-2H3,(H2,18,20). The van der Waals surface area contributed by atoms with Crippen molar-refractivity contribution in [2.24, 2.45) is 5.73 Å². The first-order valence-electron chi connectivity index (χ1n) is 8.04. The monoisotopic (exact) mass is 334 g/mol. The van der Waals surface area contributed by atoms with E-state index in [2.05, 4.69) is 0 Å². The van der Waals surface area contributed by atoms with Crippen molar-refractivity contribution >= 4 is 29.3 Å². The van der Waals surface area contributed by atoms with E-state index in [1.165, 1.54) is 6.42 Å². The summed E-state index contributed by atoms with van der Waals surface area (Å²) in [5, 5.41) is 0.860. The summed E-state index contributed by atoms with van der Waals surface area (Å²) in [6.45, 7) is 3.63. The van der Waals surface area contributed by atoms with Crippen LogP contribution in [-0.4, -0.2) is 28.3 Å². The molecule has 0 aromatic carbocycles. The van der Waals surface area contributed by atoms with Gasteiger partial charge in [-0.25, -0.2) is 4.79 Å². The van der Waals surface area contributed by atoms with Crippen LogP contribution in [0.5, 0.6) is 0 Å². The Morgan fingerprint density at radius 3 is 2.65 bits per heavy atom. The topological polar surface area (TPSA) is 74.3 Å².